The fourth-order valence-corrected chi connectivity index (χ4v) is 3.09. The highest BCUT2D eigenvalue weighted by Gasteiger charge is 2.26. The highest BCUT2D eigenvalue weighted by Crippen LogP contribution is 2.21. The van der Waals surface area contributed by atoms with Crippen LogP contribution in [0.15, 0.2) is 24.3 Å². The summed E-state index contributed by atoms with van der Waals surface area (Å²) < 4.78 is 16.6. The molecule has 1 aromatic carbocycles. The van der Waals surface area contributed by atoms with Gasteiger partial charge in [-0.25, -0.2) is 9.37 Å². The van der Waals surface area contributed by atoms with E-state index in [2.05, 4.69) is 27.9 Å². The first-order valence-electron chi connectivity index (χ1n) is 7.61. The lowest BCUT2D eigenvalue weighted by Crippen LogP contribution is -2.33. The van der Waals surface area contributed by atoms with Crippen molar-refractivity contribution in [1.82, 2.24) is 14.9 Å². The zero-order chi connectivity index (χ0) is 13.9. The van der Waals surface area contributed by atoms with Crippen molar-refractivity contribution in [3.8, 4) is 0 Å². The molecule has 20 heavy (non-hydrogen) atoms. The van der Waals surface area contributed by atoms with Crippen molar-refractivity contribution in [3.05, 3.63) is 30.1 Å². The van der Waals surface area contributed by atoms with Crippen LogP contribution in [-0.2, 0) is 13.0 Å². The summed E-state index contributed by atoms with van der Waals surface area (Å²) >= 11 is 0. The molecule has 1 aliphatic heterocycles. The number of para-hydroxylation sites is 2. The second-order valence-corrected chi connectivity index (χ2v) is 5.59. The van der Waals surface area contributed by atoms with Crippen molar-refractivity contribution in [2.75, 3.05) is 6.54 Å². The van der Waals surface area contributed by atoms with E-state index in [4.69, 9.17) is 0 Å². The van der Waals surface area contributed by atoms with E-state index < -0.39 is 6.17 Å². The molecule has 1 saturated heterocycles. The Hall–Kier alpha value is -1.42. The fourth-order valence-electron chi connectivity index (χ4n) is 3.09. The summed E-state index contributed by atoms with van der Waals surface area (Å²) in [5.74, 6) is 0.884. The van der Waals surface area contributed by atoms with Crippen molar-refractivity contribution < 1.29 is 4.39 Å². The first-order valence-corrected chi connectivity index (χ1v) is 7.61. The zero-order valence-electron chi connectivity index (χ0n) is 12.0. The van der Waals surface area contributed by atoms with Gasteiger partial charge in [-0.1, -0.05) is 19.1 Å². The molecule has 0 aliphatic carbocycles. The highest BCUT2D eigenvalue weighted by molar-refractivity contribution is 5.75. The minimum atomic E-state index is -0.843. The van der Waals surface area contributed by atoms with Crippen molar-refractivity contribution in [3.63, 3.8) is 0 Å². The number of hydrogen-bond acceptors (Lipinski definition) is 2. The molecule has 2 unspecified atom stereocenters. The Kier molecular flexibility index (Phi) is 4.01. The molecule has 1 N–H and O–H groups in total. The molecule has 108 valence electrons. The van der Waals surface area contributed by atoms with E-state index in [9.17, 15) is 4.39 Å². The number of hydrogen-bond donors (Lipinski definition) is 1. The van der Waals surface area contributed by atoms with Gasteiger partial charge >= 0.3 is 0 Å². The van der Waals surface area contributed by atoms with Crippen LogP contribution in [0, 0.1) is 0 Å². The van der Waals surface area contributed by atoms with Gasteiger partial charge in [0.05, 0.1) is 11.0 Å². The number of nitrogens with zero attached hydrogens (tertiary/aromatic N) is 2. The summed E-state index contributed by atoms with van der Waals surface area (Å²) in [5, 5.41) is 3.25. The molecule has 3 rings (SSSR count). The van der Waals surface area contributed by atoms with Crippen LogP contribution < -0.4 is 5.32 Å². The summed E-state index contributed by atoms with van der Waals surface area (Å²) in [6.07, 6.45) is 2.62. The zero-order valence-corrected chi connectivity index (χ0v) is 12.0. The first-order chi connectivity index (χ1) is 9.79. The largest absolute Gasteiger partial charge is 0.328 e. The predicted molar refractivity (Wildman–Crippen MR) is 79.6 cm³/mol. The summed E-state index contributed by atoms with van der Waals surface area (Å²) in [5.41, 5.74) is 2.10. The third-order valence-electron chi connectivity index (χ3n) is 4.09. The Morgan fingerprint density at radius 3 is 3.05 bits per heavy atom. The number of fused-ring (bicyclic) bond motifs is 1. The van der Waals surface area contributed by atoms with E-state index in [1.165, 1.54) is 0 Å². The lowest BCUT2D eigenvalue weighted by Gasteiger charge is -2.16. The van der Waals surface area contributed by atoms with Crippen molar-refractivity contribution in [2.45, 2.75) is 51.4 Å². The quantitative estimate of drug-likeness (QED) is 0.909. The van der Waals surface area contributed by atoms with Crippen LogP contribution in [0.4, 0.5) is 4.39 Å². The smallest absolute Gasteiger partial charge is 0.122 e. The van der Waals surface area contributed by atoms with Gasteiger partial charge in [-0.15, -0.1) is 0 Å². The van der Waals surface area contributed by atoms with Crippen LogP contribution in [0.2, 0.25) is 0 Å². The second kappa shape index (κ2) is 5.92. The average Bonchev–Trinajstić information content (AvgIpc) is 3.08. The second-order valence-electron chi connectivity index (χ2n) is 5.59. The minimum Gasteiger partial charge on any atom is -0.328 e. The van der Waals surface area contributed by atoms with Gasteiger partial charge in [-0.2, -0.15) is 0 Å². The van der Waals surface area contributed by atoms with Crippen molar-refractivity contribution in [2.24, 2.45) is 0 Å². The Labute approximate surface area is 119 Å². The molecule has 2 heterocycles. The fraction of sp³-hybridized carbons (Fsp3) is 0.562. The number of aryl methyl sites for hydroxylation is 1. The van der Waals surface area contributed by atoms with Crippen LogP contribution in [-0.4, -0.2) is 28.3 Å². The first kappa shape index (κ1) is 13.6. The Morgan fingerprint density at radius 1 is 1.45 bits per heavy atom. The van der Waals surface area contributed by atoms with Crippen LogP contribution in [0.1, 0.15) is 32.0 Å². The standard InChI is InChI=1S/C16H22FN3/c1-2-10-20-15-8-4-3-6-14(15)19-16(20)11-12(17)13-7-5-9-18-13/h3-4,6,8,12-13,18H,2,5,7,9-11H2,1H3. The van der Waals surface area contributed by atoms with Gasteiger partial charge in [0.25, 0.3) is 0 Å². The average molecular weight is 275 g/mol. The number of benzene rings is 1. The third kappa shape index (κ3) is 2.57. The molecule has 0 bridgehead atoms. The van der Waals surface area contributed by atoms with Gasteiger partial charge in [-0.05, 0) is 37.9 Å². The van der Waals surface area contributed by atoms with E-state index >= 15 is 0 Å². The van der Waals surface area contributed by atoms with Gasteiger partial charge in [0.2, 0.25) is 0 Å². The highest BCUT2D eigenvalue weighted by atomic mass is 19.1. The molecule has 0 saturated carbocycles. The molecule has 3 nitrogen and oxygen atoms in total. The lowest BCUT2D eigenvalue weighted by molar-refractivity contribution is 0.258. The topological polar surface area (TPSA) is 29.9 Å². The minimum absolute atomic E-state index is 0.00453. The van der Waals surface area contributed by atoms with Crippen molar-refractivity contribution in [1.29, 1.82) is 0 Å². The number of rotatable bonds is 5. The van der Waals surface area contributed by atoms with Crippen LogP contribution >= 0.6 is 0 Å². The Morgan fingerprint density at radius 2 is 2.30 bits per heavy atom. The molecule has 1 aliphatic rings. The van der Waals surface area contributed by atoms with Gasteiger partial charge in [0, 0.05) is 19.0 Å². The van der Waals surface area contributed by atoms with E-state index in [0.717, 1.165) is 49.2 Å². The maximum Gasteiger partial charge on any atom is 0.122 e. The normalized spacial score (nSPS) is 20.6. The predicted octanol–water partition coefficient (Wildman–Crippen LogP) is 3.08. The molecule has 0 amide bonds. The van der Waals surface area contributed by atoms with Crippen LogP contribution in [0.25, 0.3) is 11.0 Å². The maximum atomic E-state index is 14.4. The summed E-state index contributed by atoms with van der Waals surface area (Å²) in [4.78, 5) is 4.64. The summed E-state index contributed by atoms with van der Waals surface area (Å²) in [6, 6.07) is 8.09. The van der Waals surface area contributed by atoms with Gasteiger partial charge < -0.3 is 9.88 Å². The summed E-state index contributed by atoms with van der Waals surface area (Å²) in [6.45, 7) is 3.99. The van der Waals surface area contributed by atoms with Crippen LogP contribution in [0.3, 0.4) is 0 Å². The molecule has 1 fully saturated rings. The van der Waals surface area contributed by atoms with Gasteiger partial charge in [0.1, 0.15) is 12.0 Å². The van der Waals surface area contributed by atoms with Crippen LogP contribution in [0.5, 0.6) is 0 Å². The molecule has 1 aromatic heterocycles. The van der Waals surface area contributed by atoms with Gasteiger partial charge in [0.15, 0.2) is 0 Å². The van der Waals surface area contributed by atoms with E-state index in [1.54, 1.807) is 0 Å². The molecule has 2 atom stereocenters. The molecule has 4 heteroatoms. The molecule has 0 radical (unpaired) electrons. The Bertz CT molecular complexity index is 572. The monoisotopic (exact) mass is 275 g/mol. The van der Waals surface area contributed by atoms with E-state index in [0.29, 0.717) is 6.42 Å². The number of alkyl halides is 1. The maximum absolute atomic E-state index is 14.4. The van der Waals surface area contributed by atoms with E-state index in [1.807, 2.05) is 18.2 Å². The molecule has 2 aromatic rings. The molecular weight excluding hydrogens is 253 g/mol. The third-order valence-corrected chi connectivity index (χ3v) is 4.09. The Balaban J connectivity index is 1.87. The molecule has 0 spiro atoms. The van der Waals surface area contributed by atoms with E-state index in [-0.39, 0.29) is 6.04 Å². The van der Waals surface area contributed by atoms with Crippen molar-refractivity contribution >= 4 is 11.0 Å². The number of nitrogens with one attached hydrogen (secondary N) is 1. The number of aromatic nitrogens is 2. The van der Waals surface area contributed by atoms with Gasteiger partial charge in [-0.3, -0.25) is 0 Å². The summed E-state index contributed by atoms with van der Waals surface area (Å²) in [7, 11) is 0. The number of imidazole rings is 1. The number of halogens is 1. The molecular formula is C16H22FN3. The SMILES string of the molecule is CCCn1c(CC(F)C2CCCN2)nc2ccccc21. The lowest BCUT2D eigenvalue weighted by atomic mass is 10.1.